The van der Waals surface area contributed by atoms with E-state index in [0.29, 0.717) is 0 Å². The van der Waals surface area contributed by atoms with Gasteiger partial charge >= 0.3 is 0 Å². The van der Waals surface area contributed by atoms with Gasteiger partial charge in [-0.25, -0.2) is 0 Å². The second-order valence-corrected chi connectivity index (χ2v) is 5.93. The Labute approximate surface area is 109 Å². The molecule has 0 radical (unpaired) electrons. The Bertz CT molecular complexity index is 403. The molecule has 1 aliphatic heterocycles. The molecule has 0 amide bonds. The summed E-state index contributed by atoms with van der Waals surface area (Å²) in [6.45, 7) is 8.11. The minimum Gasteiger partial charge on any atom is -0.488 e. The summed E-state index contributed by atoms with van der Waals surface area (Å²) in [6.07, 6.45) is 2.13. The number of ether oxygens (including phenoxy) is 2. The highest BCUT2D eigenvalue weighted by molar-refractivity contribution is 5.55. The Hall–Kier alpha value is -1.22. The first-order valence-corrected chi connectivity index (χ1v) is 6.61. The van der Waals surface area contributed by atoms with Gasteiger partial charge in [-0.1, -0.05) is 26.8 Å². The van der Waals surface area contributed by atoms with Crippen molar-refractivity contribution >= 4 is 5.69 Å². The van der Waals surface area contributed by atoms with Gasteiger partial charge in [0.1, 0.15) is 11.9 Å². The van der Waals surface area contributed by atoms with Crippen molar-refractivity contribution in [3.8, 4) is 5.75 Å². The molecule has 0 spiro atoms. The Morgan fingerprint density at radius 1 is 1.22 bits per heavy atom. The maximum Gasteiger partial charge on any atom is 0.142 e. The normalized spacial score (nSPS) is 17.7. The van der Waals surface area contributed by atoms with Crippen LogP contribution >= 0.6 is 0 Å². The molecule has 1 fully saturated rings. The van der Waals surface area contributed by atoms with Crippen molar-refractivity contribution in [3.63, 3.8) is 0 Å². The Morgan fingerprint density at radius 2 is 1.89 bits per heavy atom. The summed E-state index contributed by atoms with van der Waals surface area (Å²) in [6, 6.07) is 6.12. The molecule has 0 saturated carbocycles. The van der Waals surface area contributed by atoms with E-state index >= 15 is 0 Å². The summed E-state index contributed by atoms with van der Waals surface area (Å²) in [5, 5.41) is 0. The fraction of sp³-hybridized carbons (Fsp3) is 0.600. The minimum absolute atomic E-state index is 0.116. The van der Waals surface area contributed by atoms with E-state index in [1.807, 2.05) is 12.1 Å². The molecule has 1 heterocycles. The predicted molar refractivity (Wildman–Crippen MR) is 74.0 cm³/mol. The van der Waals surface area contributed by atoms with E-state index in [0.717, 1.165) is 37.5 Å². The van der Waals surface area contributed by atoms with Crippen LogP contribution in [0.1, 0.15) is 39.2 Å². The number of hydrogen-bond acceptors (Lipinski definition) is 3. The first-order chi connectivity index (χ1) is 8.47. The highest BCUT2D eigenvalue weighted by Gasteiger charge is 2.18. The topological polar surface area (TPSA) is 44.5 Å². The first-order valence-electron chi connectivity index (χ1n) is 6.61. The summed E-state index contributed by atoms with van der Waals surface area (Å²) in [4.78, 5) is 0. The molecule has 0 aliphatic carbocycles. The maximum atomic E-state index is 6.08. The van der Waals surface area contributed by atoms with Gasteiger partial charge in [0, 0.05) is 12.8 Å². The molecule has 2 rings (SSSR count). The first kappa shape index (κ1) is 13.2. The van der Waals surface area contributed by atoms with Crippen molar-refractivity contribution in [1.82, 2.24) is 0 Å². The van der Waals surface area contributed by atoms with Crippen LogP contribution in [0.4, 0.5) is 5.69 Å². The molecule has 3 heteroatoms. The van der Waals surface area contributed by atoms with Crippen molar-refractivity contribution in [2.24, 2.45) is 0 Å². The summed E-state index contributed by atoms with van der Waals surface area (Å²) in [7, 11) is 0. The second kappa shape index (κ2) is 5.19. The van der Waals surface area contributed by atoms with E-state index < -0.39 is 0 Å². The molecule has 3 nitrogen and oxygen atoms in total. The van der Waals surface area contributed by atoms with Gasteiger partial charge < -0.3 is 15.2 Å². The van der Waals surface area contributed by atoms with Crippen LogP contribution in [0.3, 0.4) is 0 Å². The van der Waals surface area contributed by atoms with Crippen molar-refractivity contribution < 1.29 is 9.47 Å². The highest BCUT2D eigenvalue weighted by atomic mass is 16.5. The third-order valence-electron chi connectivity index (χ3n) is 3.34. The lowest BCUT2D eigenvalue weighted by Crippen LogP contribution is -2.26. The van der Waals surface area contributed by atoms with Gasteiger partial charge in [-0.05, 0) is 23.1 Å². The maximum absolute atomic E-state index is 6.08. The van der Waals surface area contributed by atoms with Crippen molar-refractivity contribution in [2.75, 3.05) is 18.9 Å². The van der Waals surface area contributed by atoms with E-state index in [4.69, 9.17) is 15.2 Å². The Morgan fingerprint density at radius 3 is 2.44 bits per heavy atom. The molecule has 100 valence electrons. The van der Waals surface area contributed by atoms with Gasteiger partial charge in [0.25, 0.3) is 0 Å². The Balaban J connectivity index is 2.09. The van der Waals surface area contributed by atoms with Gasteiger partial charge in [0.15, 0.2) is 0 Å². The smallest absolute Gasteiger partial charge is 0.142 e. The van der Waals surface area contributed by atoms with Crippen LogP contribution in [0.15, 0.2) is 18.2 Å². The molecule has 0 unspecified atom stereocenters. The average molecular weight is 249 g/mol. The molecule has 0 bridgehead atoms. The molecule has 0 aromatic heterocycles. The van der Waals surface area contributed by atoms with Crippen LogP contribution in [-0.2, 0) is 10.2 Å². The molecule has 1 aromatic carbocycles. The van der Waals surface area contributed by atoms with E-state index in [2.05, 4.69) is 26.8 Å². The van der Waals surface area contributed by atoms with E-state index in [1.165, 1.54) is 5.56 Å². The lowest BCUT2D eigenvalue weighted by atomic mass is 9.87. The third kappa shape index (κ3) is 3.16. The van der Waals surface area contributed by atoms with Crippen molar-refractivity contribution in [2.45, 2.75) is 45.1 Å². The van der Waals surface area contributed by atoms with Crippen LogP contribution in [-0.4, -0.2) is 19.3 Å². The van der Waals surface area contributed by atoms with Gasteiger partial charge in [-0.15, -0.1) is 0 Å². The van der Waals surface area contributed by atoms with Crippen molar-refractivity contribution in [1.29, 1.82) is 0 Å². The largest absolute Gasteiger partial charge is 0.488 e. The molecule has 18 heavy (non-hydrogen) atoms. The standard InChI is InChI=1S/C15H23NO2/c1-15(2,3)11-4-5-14(13(16)10-11)18-12-6-8-17-9-7-12/h4-5,10,12H,6-9,16H2,1-3H3. The molecular formula is C15H23NO2. The number of nitrogens with two attached hydrogens (primary N) is 1. The number of rotatable bonds is 2. The SMILES string of the molecule is CC(C)(C)c1ccc(OC2CCOCC2)c(N)c1. The second-order valence-electron chi connectivity index (χ2n) is 5.93. The van der Waals surface area contributed by atoms with Crippen molar-refractivity contribution in [3.05, 3.63) is 23.8 Å². The van der Waals surface area contributed by atoms with Gasteiger partial charge in [-0.2, -0.15) is 0 Å². The zero-order valence-electron chi connectivity index (χ0n) is 11.5. The van der Waals surface area contributed by atoms with Crippen LogP contribution in [0.25, 0.3) is 0 Å². The summed E-state index contributed by atoms with van der Waals surface area (Å²) in [5.74, 6) is 0.801. The van der Waals surface area contributed by atoms with Crippen LogP contribution in [0.5, 0.6) is 5.75 Å². The monoisotopic (exact) mass is 249 g/mol. The summed E-state index contributed by atoms with van der Waals surface area (Å²) >= 11 is 0. The number of anilines is 1. The van der Waals surface area contributed by atoms with Crippen LogP contribution < -0.4 is 10.5 Å². The highest BCUT2D eigenvalue weighted by Crippen LogP contribution is 2.31. The summed E-state index contributed by atoms with van der Waals surface area (Å²) < 4.78 is 11.3. The van der Waals surface area contributed by atoms with Crippen LogP contribution in [0, 0.1) is 0 Å². The van der Waals surface area contributed by atoms with Gasteiger partial charge in [0.2, 0.25) is 0 Å². The molecule has 1 saturated heterocycles. The van der Waals surface area contributed by atoms with Gasteiger partial charge in [-0.3, -0.25) is 0 Å². The number of nitrogen functional groups attached to an aromatic ring is 1. The fourth-order valence-electron chi connectivity index (χ4n) is 2.10. The number of benzene rings is 1. The molecular weight excluding hydrogens is 226 g/mol. The molecule has 1 aliphatic rings. The van der Waals surface area contributed by atoms with E-state index in [1.54, 1.807) is 0 Å². The minimum atomic E-state index is 0.116. The van der Waals surface area contributed by atoms with E-state index in [-0.39, 0.29) is 11.5 Å². The van der Waals surface area contributed by atoms with Gasteiger partial charge in [0.05, 0.1) is 18.9 Å². The Kier molecular flexibility index (Phi) is 3.81. The van der Waals surface area contributed by atoms with Crippen LogP contribution in [0.2, 0.25) is 0 Å². The zero-order chi connectivity index (χ0) is 13.2. The quantitative estimate of drug-likeness (QED) is 0.819. The fourth-order valence-corrected chi connectivity index (χ4v) is 2.10. The third-order valence-corrected chi connectivity index (χ3v) is 3.34. The molecule has 2 N–H and O–H groups in total. The average Bonchev–Trinajstić information content (AvgIpc) is 2.32. The summed E-state index contributed by atoms with van der Waals surface area (Å²) in [5.41, 5.74) is 8.16. The predicted octanol–water partition coefficient (Wildman–Crippen LogP) is 3.12. The zero-order valence-corrected chi connectivity index (χ0v) is 11.5. The number of hydrogen-bond donors (Lipinski definition) is 1. The molecule has 0 atom stereocenters. The lowest BCUT2D eigenvalue weighted by Gasteiger charge is -2.25. The molecule has 1 aromatic rings. The van der Waals surface area contributed by atoms with E-state index in [9.17, 15) is 0 Å². The lowest BCUT2D eigenvalue weighted by molar-refractivity contribution is 0.0258.